The molecule has 1 aliphatic heterocycles. The molecule has 1 aromatic rings. The Labute approximate surface area is 118 Å². The van der Waals surface area contributed by atoms with Crippen molar-refractivity contribution in [3.63, 3.8) is 0 Å². The zero-order chi connectivity index (χ0) is 14.5. The van der Waals surface area contributed by atoms with Gasteiger partial charge in [-0.3, -0.25) is 4.90 Å². The van der Waals surface area contributed by atoms with Crippen LogP contribution in [0.2, 0.25) is 0 Å². The van der Waals surface area contributed by atoms with E-state index in [4.69, 9.17) is 10.5 Å². The van der Waals surface area contributed by atoms with E-state index >= 15 is 0 Å². The molecule has 2 unspecified atom stereocenters. The third-order valence-corrected chi connectivity index (χ3v) is 3.90. The second kappa shape index (κ2) is 7.11. The number of halogens is 2. The summed E-state index contributed by atoms with van der Waals surface area (Å²) >= 11 is 0. The Hall–Kier alpha value is -1.04. The van der Waals surface area contributed by atoms with Crippen molar-refractivity contribution < 1.29 is 13.5 Å². The third-order valence-electron chi connectivity index (χ3n) is 3.90. The Morgan fingerprint density at radius 1 is 1.35 bits per heavy atom. The van der Waals surface area contributed by atoms with Crippen LogP contribution in [0.5, 0.6) is 0 Å². The second-order valence-electron chi connectivity index (χ2n) is 5.30. The molecule has 0 bridgehead atoms. The topological polar surface area (TPSA) is 38.5 Å². The standard InChI is InChI=1S/C15H22F2N2O/c1-20-9-8-19-7-3-2-4-14(18)15(19)12-6-5-11(16)10-13(12)17/h5-6,10,14-15H,2-4,7-9,18H2,1H3. The summed E-state index contributed by atoms with van der Waals surface area (Å²) in [6, 6.07) is 3.38. The summed E-state index contributed by atoms with van der Waals surface area (Å²) in [7, 11) is 1.64. The maximum absolute atomic E-state index is 14.1. The summed E-state index contributed by atoms with van der Waals surface area (Å²) in [4.78, 5) is 2.15. The molecule has 0 aromatic heterocycles. The molecular weight excluding hydrogens is 262 g/mol. The Balaban J connectivity index is 2.29. The summed E-state index contributed by atoms with van der Waals surface area (Å²) in [5.74, 6) is -1.08. The van der Waals surface area contributed by atoms with Gasteiger partial charge in [-0.25, -0.2) is 8.78 Å². The lowest BCUT2D eigenvalue weighted by molar-refractivity contribution is 0.113. The van der Waals surface area contributed by atoms with Crippen molar-refractivity contribution in [3.8, 4) is 0 Å². The molecule has 0 aliphatic carbocycles. The van der Waals surface area contributed by atoms with Gasteiger partial charge in [0.15, 0.2) is 0 Å². The van der Waals surface area contributed by atoms with Crippen LogP contribution >= 0.6 is 0 Å². The predicted molar refractivity (Wildman–Crippen MR) is 74.4 cm³/mol. The van der Waals surface area contributed by atoms with Crippen LogP contribution in [0.3, 0.4) is 0 Å². The summed E-state index contributed by atoms with van der Waals surface area (Å²) in [6.07, 6.45) is 2.92. The second-order valence-corrected chi connectivity index (χ2v) is 5.30. The van der Waals surface area contributed by atoms with Crippen molar-refractivity contribution in [1.29, 1.82) is 0 Å². The highest BCUT2D eigenvalue weighted by atomic mass is 19.1. The van der Waals surface area contributed by atoms with Gasteiger partial charge in [0.25, 0.3) is 0 Å². The number of nitrogens with two attached hydrogens (primary N) is 1. The van der Waals surface area contributed by atoms with Crippen LogP contribution < -0.4 is 5.73 Å². The van der Waals surface area contributed by atoms with Crippen molar-refractivity contribution in [2.75, 3.05) is 26.8 Å². The number of rotatable bonds is 4. The molecule has 2 atom stereocenters. The number of methoxy groups -OCH3 is 1. The zero-order valence-corrected chi connectivity index (χ0v) is 11.8. The van der Waals surface area contributed by atoms with Gasteiger partial charge in [-0.1, -0.05) is 12.5 Å². The predicted octanol–water partition coefficient (Wildman–Crippen LogP) is 2.47. The Kier molecular flexibility index (Phi) is 5.46. The normalized spacial score (nSPS) is 24.6. The summed E-state index contributed by atoms with van der Waals surface area (Å²) in [6.45, 7) is 2.14. The zero-order valence-electron chi connectivity index (χ0n) is 11.8. The number of benzene rings is 1. The Bertz CT molecular complexity index is 442. The molecule has 0 radical (unpaired) electrons. The quantitative estimate of drug-likeness (QED) is 0.923. The minimum absolute atomic E-state index is 0.144. The molecule has 5 heteroatoms. The smallest absolute Gasteiger partial charge is 0.130 e. The number of ether oxygens (including phenoxy) is 1. The van der Waals surface area contributed by atoms with E-state index in [9.17, 15) is 8.78 Å². The van der Waals surface area contributed by atoms with E-state index in [0.29, 0.717) is 18.7 Å². The number of likely N-dealkylation sites (tertiary alicyclic amines) is 1. The minimum Gasteiger partial charge on any atom is -0.383 e. The van der Waals surface area contributed by atoms with Gasteiger partial charge in [0.05, 0.1) is 12.6 Å². The molecular formula is C15H22F2N2O. The maximum Gasteiger partial charge on any atom is 0.130 e. The molecule has 0 spiro atoms. The first-order valence-electron chi connectivity index (χ1n) is 7.07. The van der Waals surface area contributed by atoms with Crippen LogP contribution in [-0.4, -0.2) is 37.7 Å². The van der Waals surface area contributed by atoms with Crippen molar-refractivity contribution in [2.24, 2.45) is 5.73 Å². The minimum atomic E-state index is -0.558. The van der Waals surface area contributed by atoms with E-state index in [1.54, 1.807) is 7.11 Å². The molecule has 2 rings (SSSR count). The summed E-state index contributed by atoms with van der Waals surface area (Å²) in [5, 5.41) is 0. The average molecular weight is 284 g/mol. The van der Waals surface area contributed by atoms with Gasteiger partial charge < -0.3 is 10.5 Å². The van der Waals surface area contributed by atoms with Gasteiger partial charge in [0, 0.05) is 31.3 Å². The molecule has 0 amide bonds. The van der Waals surface area contributed by atoms with E-state index in [1.807, 2.05) is 0 Å². The fourth-order valence-corrected chi connectivity index (χ4v) is 2.89. The Morgan fingerprint density at radius 2 is 2.15 bits per heavy atom. The van der Waals surface area contributed by atoms with E-state index < -0.39 is 11.6 Å². The lowest BCUT2D eigenvalue weighted by Gasteiger charge is -2.33. The lowest BCUT2D eigenvalue weighted by atomic mass is 9.96. The summed E-state index contributed by atoms with van der Waals surface area (Å²) in [5.41, 5.74) is 6.72. The molecule has 20 heavy (non-hydrogen) atoms. The van der Waals surface area contributed by atoms with Crippen molar-refractivity contribution in [2.45, 2.75) is 31.3 Å². The molecule has 1 aliphatic rings. The largest absolute Gasteiger partial charge is 0.383 e. The number of nitrogens with zero attached hydrogens (tertiary/aromatic N) is 1. The van der Waals surface area contributed by atoms with E-state index in [-0.39, 0.29) is 12.1 Å². The fraction of sp³-hybridized carbons (Fsp3) is 0.600. The Morgan fingerprint density at radius 3 is 2.85 bits per heavy atom. The van der Waals surface area contributed by atoms with Gasteiger partial charge >= 0.3 is 0 Å². The number of hydrogen-bond donors (Lipinski definition) is 1. The highest BCUT2D eigenvalue weighted by Gasteiger charge is 2.30. The van der Waals surface area contributed by atoms with Crippen LogP contribution in [0.25, 0.3) is 0 Å². The maximum atomic E-state index is 14.1. The molecule has 3 nitrogen and oxygen atoms in total. The SMILES string of the molecule is COCCN1CCCCC(N)C1c1ccc(F)cc1F. The molecule has 1 fully saturated rings. The van der Waals surface area contributed by atoms with E-state index in [2.05, 4.69) is 4.90 Å². The first kappa shape index (κ1) is 15.4. The van der Waals surface area contributed by atoms with E-state index in [1.165, 1.54) is 12.1 Å². The lowest BCUT2D eigenvalue weighted by Crippen LogP contribution is -2.41. The fourth-order valence-electron chi connectivity index (χ4n) is 2.89. The van der Waals surface area contributed by atoms with Crippen LogP contribution in [0, 0.1) is 11.6 Å². The number of hydrogen-bond acceptors (Lipinski definition) is 3. The molecule has 0 saturated carbocycles. The molecule has 1 saturated heterocycles. The van der Waals surface area contributed by atoms with Crippen molar-refractivity contribution in [1.82, 2.24) is 4.90 Å². The van der Waals surface area contributed by atoms with Gasteiger partial charge in [-0.2, -0.15) is 0 Å². The highest BCUT2D eigenvalue weighted by molar-refractivity contribution is 5.24. The van der Waals surface area contributed by atoms with Crippen molar-refractivity contribution >= 4 is 0 Å². The molecule has 112 valence electrons. The van der Waals surface area contributed by atoms with E-state index in [0.717, 1.165) is 31.9 Å². The van der Waals surface area contributed by atoms with Crippen LogP contribution in [-0.2, 0) is 4.74 Å². The summed E-state index contributed by atoms with van der Waals surface area (Å²) < 4.78 is 32.3. The molecule has 1 heterocycles. The molecule has 1 aromatic carbocycles. The highest BCUT2D eigenvalue weighted by Crippen LogP contribution is 2.31. The van der Waals surface area contributed by atoms with Gasteiger partial charge in [0.2, 0.25) is 0 Å². The molecule has 2 N–H and O–H groups in total. The van der Waals surface area contributed by atoms with Crippen molar-refractivity contribution in [3.05, 3.63) is 35.4 Å². The van der Waals surface area contributed by atoms with Crippen LogP contribution in [0.4, 0.5) is 8.78 Å². The third kappa shape index (κ3) is 3.53. The van der Waals surface area contributed by atoms with Gasteiger partial charge in [-0.05, 0) is 25.5 Å². The monoisotopic (exact) mass is 284 g/mol. The average Bonchev–Trinajstić information content (AvgIpc) is 2.59. The van der Waals surface area contributed by atoms with Gasteiger partial charge in [-0.15, -0.1) is 0 Å². The van der Waals surface area contributed by atoms with Crippen LogP contribution in [0.1, 0.15) is 30.9 Å². The van der Waals surface area contributed by atoms with Crippen LogP contribution in [0.15, 0.2) is 18.2 Å². The van der Waals surface area contributed by atoms with Gasteiger partial charge in [0.1, 0.15) is 11.6 Å². The first-order chi connectivity index (χ1) is 9.63. The first-order valence-corrected chi connectivity index (χ1v) is 7.07.